The van der Waals surface area contributed by atoms with Gasteiger partial charge in [-0.1, -0.05) is 0 Å². The Bertz CT molecular complexity index is 332. The van der Waals surface area contributed by atoms with Crippen molar-refractivity contribution in [3.63, 3.8) is 0 Å². The Morgan fingerprint density at radius 1 is 1.53 bits per heavy atom. The lowest BCUT2D eigenvalue weighted by Gasteiger charge is -2.32. The van der Waals surface area contributed by atoms with E-state index >= 15 is 0 Å². The van der Waals surface area contributed by atoms with E-state index in [1.54, 1.807) is 0 Å². The van der Waals surface area contributed by atoms with Crippen LogP contribution in [0.1, 0.15) is 31.9 Å². The minimum Gasteiger partial charge on any atom is -0.330 e. The van der Waals surface area contributed by atoms with Crippen LogP contribution < -0.4 is 5.73 Å². The summed E-state index contributed by atoms with van der Waals surface area (Å²) < 4.78 is 2.09. The maximum atomic E-state index is 5.65. The van der Waals surface area contributed by atoms with Gasteiger partial charge in [-0.3, -0.25) is 9.58 Å². The SMILES string of the molecule is CCn1nccc1CN1CCCC(CCN)C1. The molecule has 1 unspecified atom stereocenters. The molecule has 2 heterocycles. The van der Waals surface area contributed by atoms with Crippen LogP contribution in [0.4, 0.5) is 0 Å². The van der Waals surface area contributed by atoms with Crippen LogP contribution >= 0.6 is 0 Å². The number of hydrogen-bond acceptors (Lipinski definition) is 3. The van der Waals surface area contributed by atoms with Gasteiger partial charge in [-0.2, -0.15) is 5.10 Å². The van der Waals surface area contributed by atoms with Gasteiger partial charge < -0.3 is 5.73 Å². The normalized spacial score (nSPS) is 21.9. The third-order valence-electron chi connectivity index (χ3n) is 3.67. The molecule has 0 aromatic carbocycles. The zero-order chi connectivity index (χ0) is 12.1. The van der Waals surface area contributed by atoms with Crippen LogP contribution in [0.25, 0.3) is 0 Å². The van der Waals surface area contributed by atoms with Gasteiger partial charge in [0, 0.05) is 25.8 Å². The van der Waals surface area contributed by atoms with Crippen molar-refractivity contribution in [3.05, 3.63) is 18.0 Å². The van der Waals surface area contributed by atoms with Gasteiger partial charge in [-0.25, -0.2) is 0 Å². The van der Waals surface area contributed by atoms with Crippen molar-refractivity contribution in [3.8, 4) is 0 Å². The Balaban J connectivity index is 1.90. The van der Waals surface area contributed by atoms with Crippen LogP contribution in [0.15, 0.2) is 12.3 Å². The van der Waals surface area contributed by atoms with Gasteiger partial charge in [0.2, 0.25) is 0 Å². The van der Waals surface area contributed by atoms with E-state index in [4.69, 9.17) is 5.73 Å². The molecule has 17 heavy (non-hydrogen) atoms. The highest BCUT2D eigenvalue weighted by Gasteiger charge is 2.19. The number of nitrogens with two attached hydrogens (primary N) is 1. The van der Waals surface area contributed by atoms with E-state index in [-0.39, 0.29) is 0 Å². The minimum atomic E-state index is 0.798. The number of hydrogen-bond donors (Lipinski definition) is 1. The quantitative estimate of drug-likeness (QED) is 0.842. The molecule has 1 fully saturated rings. The Morgan fingerprint density at radius 2 is 2.41 bits per heavy atom. The fourth-order valence-corrected chi connectivity index (χ4v) is 2.77. The zero-order valence-electron chi connectivity index (χ0n) is 10.8. The number of aryl methyl sites for hydroxylation is 1. The van der Waals surface area contributed by atoms with E-state index in [1.807, 2.05) is 6.20 Å². The van der Waals surface area contributed by atoms with Gasteiger partial charge >= 0.3 is 0 Å². The molecule has 4 nitrogen and oxygen atoms in total. The molecule has 0 radical (unpaired) electrons. The van der Waals surface area contributed by atoms with Gasteiger partial charge in [-0.05, 0) is 51.3 Å². The predicted molar refractivity (Wildman–Crippen MR) is 69.6 cm³/mol. The molecule has 0 saturated carbocycles. The Kier molecular flexibility index (Phi) is 4.57. The lowest BCUT2D eigenvalue weighted by molar-refractivity contribution is 0.159. The standard InChI is InChI=1S/C13H24N4/c1-2-17-13(6-8-15-17)11-16-9-3-4-12(10-16)5-7-14/h6,8,12H,2-5,7,9-11,14H2,1H3. The van der Waals surface area contributed by atoms with E-state index in [1.165, 1.54) is 38.0 Å². The maximum Gasteiger partial charge on any atom is 0.0524 e. The summed E-state index contributed by atoms with van der Waals surface area (Å²) in [5, 5.41) is 4.33. The van der Waals surface area contributed by atoms with Crippen LogP contribution in [0, 0.1) is 5.92 Å². The van der Waals surface area contributed by atoms with Gasteiger partial charge in [0.25, 0.3) is 0 Å². The first-order valence-corrected chi connectivity index (χ1v) is 6.76. The summed E-state index contributed by atoms with van der Waals surface area (Å²) in [4.78, 5) is 2.55. The number of rotatable bonds is 5. The molecule has 0 amide bonds. The van der Waals surface area contributed by atoms with E-state index in [9.17, 15) is 0 Å². The summed E-state index contributed by atoms with van der Waals surface area (Å²) in [5.74, 6) is 0.798. The van der Waals surface area contributed by atoms with Crippen LogP contribution in [-0.4, -0.2) is 34.3 Å². The molecule has 2 N–H and O–H groups in total. The van der Waals surface area contributed by atoms with Crippen molar-refractivity contribution >= 4 is 0 Å². The molecule has 0 spiro atoms. The maximum absolute atomic E-state index is 5.65. The van der Waals surface area contributed by atoms with Crippen molar-refractivity contribution in [1.82, 2.24) is 14.7 Å². The van der Waals surface area contributed by atoms with Gasteiger partial charge in [0.05, 0.1) is 5.69 Å². The van der Waals surface area contributed by atoms with Crippen LogP contribution in [0.3, 0.4) is 0 Å². The van der Waals surface area contributed by atoms with Crippen molar-refractivity contribution in [2.24, 2.45) is 11.7 Å². The molecule has 1 aromatic heterocycles. The smallest absolute Gasteiger partial charge is 0.0524 e. The summed E-state index contributed by atoms with van der Waals surface area (Å²) in [6, 6.07) is 2.13. The minimum absolute atomic E-state index is 0.798. The molecular formula is C13H24N4. The largest absolute Gasteiger partial charge is 0.330 e. The summed E-state index contributed by atoms with van der Waals surface area (Å²) in [7, 11) is 0. The molecule has 4 heteroatoms. The molecule has 0 bridgehead atoms. The first-order valence-electron chi connectivity index (χ1n) is 6.76. The van der Waals surface area contributed by atoms with Crippen LogP contribution in [0.2, 0.25) is 0 Å². The highest BCUT2D eigenvalue weighted by Crippen LogP contribution is 2.20. The average Bonchev–Trinajstić information content (AvgIpc) is 2.77. The summed E-state index contributed by atoms with van der Waals surface area (Å²) in [6.45, 7) is 7.38. The molecule has 1 aliphatic rings. The van der Waals surface area contributed by atoms with Gasteiger partial charge in [0.1, 0.15) is 0 Å². The Hall–Kier alpha value is -0.870. The Morgan fingerprint density at radius 3 is 3.18 bits per heavy atom. The summed E-state index contributed by atoms with van der Waals surface area (Å²) in [6.07, 6.45) is 5.73. The second-order valence-electron chi connectivity index (χ2n) is 4.96. The first-order chi connectivity index (χ1) is 8.33. The van der Waals surface area contributed by atoms with E-state index in [0.717, 1.165) is 25.6 Å². The number of aromatic nitrogens is 2. The van der Waals surface area contributed by atoms with E-state index in [2.05, 4.69) is 27.7 Å². The molecule has 96 valence electrons. The number of nitrogens with zero attached hydrogens (tertiary/aromatic N) is 3. The van der Waals surface area contributed by atoms with Crippen molar-refractivity contribution < 1.29 is 0 Å². The van der Waals surface area contributed by atoms with E-state index in [0.29, 0.717) is 0 Å². The third-order valence-corrected chi connectivity index (χ3v) is 3.67. The fraction of sp³-hybridized carbons (Fsp3) is 0.769. The lowest BCUT2D eigenvalue weighted by Crippen LogP contribution is -2.36. The Labute approximate surface area is 104 Å². The topological polar surface area (TPSA) is 47.1 Å². The van der Waals surface area contributed by atoms with Crippen molar-refractivity contribution in [2.75, 3.05) is 19.6 Å². The number of likely N-dealkylation sites (tertiary alicyclic amines) is 1. The van der Waals surface area contributed by atoms with Crippen molar-refractivity contribution in [1.29, 1.82) is 0 Å². The van der Waals surface area contributed by atoms with Crippen LogP contribution in [-0.2, 0) is 13.1 Å². The monoisotopic (exact) mass is 236 g/mol. The highest BCUT2D eigenvalue weighted by atomic mass is 15.3. The molecule has 1 aliphatic heterocycles. The highest BCUT2D eigenvalue weighted by molar-refractivity contribution is 5.00. The van der Waals surface area contributed by atoms with Crippen LogP contribution in [0.5, 0.6) is 0 Å². The first kappa shape index (κ1) is 12.6. The van der Waals surface area contributed by atoms with Gasteiger partial charge in [-0.15, -0.1) is 0 Å². The molecule has 1 aromatic rings. The molecule has 1 saturated heterocycles. The molecule has 0 aliphatic carbocycles. The molecule has 2 rings (SSSR count). The average molecular weight is 236 g/mol. The second kappa shape index (κ2) is 6.17. The zero-order valence-corrected chi connectivity index (χ0v) is 10.8. The number of piperidine rings is 1. The molecule has 1 atom stereocenters. The second-order valence-corrected chi connectivity index (χ2v) is 4.96. The van der Waals surface area contributed by atoms with Crippen molar-refractivity contribution in [2.45, 2.75) is 39.3 Å². The summed E-state index contributed by atoms with van der Waals surface area (Å²) in [5.41, 5.74) is 6.99. The predicted octanol–water partition coefficient (Wildman–Crippen LogP) is 1.46. The summed E-state index contributed by atoms with van der Waals surface area (Å²) >= 11 is 0. The third kappa shape index (κ3) is 3.30. The lowest BCUT2D eigenvalue weighted by atomic mass is 9.95. The fourth-order valence-electron chi connectivity index (χ4n) is 2.77. The van der Waals surface area contributed by atoms with Gasteiger partial charge in [0.15, 0.2) is 0 Å². The van der Waals surface area contributed by atoms with E-state index < -0.39 is 0 Å². The molecular weight excluding hydrogens is 212 g/mol.